The Bertz CT molecular complexity index is 1950. The molecular formula is C44H52F3N3O8. The molecule has 2 heterocycles. The predicted octanol–water partition coefficient (Wildman–Crippen LogP) is 5.06. The molecule has 58 heavy (non-hydrogen) atoms. The molecule has 3 N–H and O–H groups in total. The monoisotopic (exact) mass is 807 g/mol. The third kappa shape index (κ3) is 7.81. The van der Waals surface area contributed by atoms with E-state index in [1.54, 1.807) is 6.07 Å². The number of hydrogen-bond donors (Lipinski definition) is 3. The highest BCUT2D eigenvalue weighted by Gasteiger charge is 2.73. The summed E-state index contributed by atoms with van der Waals surface area (Å²) in [6.45, 7) is 4.81. The van der Waals surface area contributed by atoms with Gasteiger partial charge in [0.2, 0.25) is 5.91 Å². The van der Waals surface area contributed by atoms with Crippen molar-refractivity contribution in [3.05, 3.63) is 89.0 Å². The van der Waals surface area contributed by atoms with Gasteiger partial charge in [0.05, 0.1) is 43.0 Å². The second-order valence-electron chi connectivity index (χ2n) is 16.5. The molecule has 5 aliphatic rings. The fourth-order valence-corrected chi connectivity index (χ4v) is 9.92. The number of aromatic hydroxyl groups is 1. The summed E-state index contributed by atoms with van der Waals surface area (Å²) in [6.07, 6.45) is -2.33. The number of Topliss-reactive ketones (excluding diaryl/α,β-unsaturated/α-hetero) is 1. The van der Waals surface area contributed by atoms with Gasteiger partial charge >= 0.3 is 6.18 Å². The molecule has 2 saturated carbocycles. The third-order valence-electron chi connectivity index (χ3n) is 13.0. The zero-order valence-corrected chi connectivity index (χ0v) is 32.7. The van der Waals surface area contributed by atoms with Crippen molar-refractivity contribution in [1.29, 1.82) is 0 Å². The van der Waals surface area contributed by atoms with Gasteiger partial charge in [-0.1, -0.05) is 36.4 Å². The van der Waals surface area contributed by atoms with Crippen LogP contribution in [0.3, 0.4) is 0 Å². The molecule has 0 radical (unpaired) electrons. The minimum atomic E-state index is -4.40. The number of amides is 1. The molecule has 1 amide bonds. The molecule has 1 spiro atoms. The maximum Gasteiger partial charge on any atom is 0.416 e. The van der Waals surface area contributed by atoms with Crippen LogP contribution in [0.15, 0.2) is 66.7 Å². The van der Waals surface area contributed by atoms with Gasteiger partial charge in [0.15, 0.2) is 23.4 Å². The van der Waals surface area contributed by atoms with Crippen LogP contribution in [0.2, 0.25) is 0 Å². The summed E-state index contributed by atoms with van der Waals surface area (Å²) in [7, 11) is 1.98. The summed E-state index contributed by atoms with van der Waals surface area (Å²) < 4.78 is 62.8. The number of ether oxygens (including phenoxy) is 4. The van der Waals surface area contributed by atoms with Crippen LogP contribution >= 0.6 is 0 Å². The Hall–Kier alpha value is -4.21. The Morgan fingerprint density at radius 3 is 2.53 bits per heavy atom. The molecule has 11 nitrogen and oxygen atoms in total. The van der Waals surface area contributed by atoms with Gasteiger partial charge in [-0.2, -0.15) is 13.2 Å². The summed E-state index contributed by atoms with van der Waals surface area (Å²) in [5.41, 5.74) is 0.0750. The van der Waals surface area contributed by atoms with Crippen molar-refractivity contribution in [2.24, 2.45) is 11.8 Å². The number of halogens is 3. The van der Waals surface area contributed by atoms with Crippen molar-refractivity contribution >= 4 is 11.7 Å². The molecule has 3 aromatic rings. The number of carbonyl (C=O) groups excluding carboxylic acids is 2. The lowest BCUT2D eigenvalue weighted by molar-refractivity contribution is -0.189. The average Bonchev–Trinajstić information content (AvgIpc) is 3.88. The van der Waals surface area contributed by atoms with Gasteiger partial charge in [-0.15, -0.1) is 0 Å². The zero-order valence-electron chi connectivity index (χ0n) is 32.7. The fourth-order valence-electron chi connectivity index (χ4n) is 9.92. The van der Waals surface area contributed by atoms with E-state index in [2.05, 4.69) is 15.1 Å². The number of rotatable bonds is 18. The van der Waals surface area contributed by atoms with Gasteiger partial charge in [0.25, 0.3) is 0 Å². The number of alkyl halides is 3. The van der Waals surface area contributed by atoms with Gasteiger partial charge in [-0.05, 0) is 86.7 Å². The highest BCUT2D eigenvalue weighted by molar-refractivity contribution is 5.90. The quantitative estimate of drug-likeness (QED) is 0.150. The highest BCUT2D eigenvalue weighted by Crippen LogP contribution is 2.65. The summed E-state index contributed by atoms with van der Waals surface area (Å²) in [6, 6.07) is 17.7. The molecule has 3 unspecified atom stereocenters. The first-order valence-corrected chi connectivity index (χ1v) is 20.4. The Balaban J connectivity index is 0.709. The standard InChI is InChI=1S/C44H52F3N3O8/c1-49(18-14-36(28-5-3-2-4-6-28)57-32-10-8-31(9-11-32)44(45,46)47)20-22-56-24-23-55-21-17-48-41(53)33-25-30(33)27-50-19-16-42-38-29-7-12-34(51)39(38)58-40(42)35(52)13-15-43(42,54)37(50)26-29/h2-12,30,33,36-37,40,51,54H,13-27H2,1H3,(H,48,53)/t30?,33-,36?,37-,40?,42+,43-/m1/s1. The average molecular weight is 808 g/mol. The van der Waals surface area contributed by atoms with Gasteiger partial charge in [-0.3, -0.25) is 14.5 Å². The Kier molecular flexibility index (Phi) is 11.5. The zero-order chi connectivity index (χ0) is 40.7. The number of benzene rings is 3. The first kappa shape index (κ1) is 40.6. The number of ketones is 1. The summed E-state index contributed by atoms with van der Waals surface area (Å²) in [5.74, 6) is 0.862. The van der Waals surface area contributed by atoms with Crippen LogP contribution < -0.4 is 14.8 Å². The van der Waals surface area contributed by atoms with E-state index in [0.717, 1.165) is 35.2 Å². The third-order valence-corrected chi connectivity index (χ3v) is 13.0. The van der Waals surface area contributed by atoms with Crippen molar-refractivity contribution in [3.8, 4) is 17.2 Å². The predicted molar refractivity (Wildman–Crippen MR) is 207 cm³/mol. The number of piperidine rings is 1. The van der Waals surface area contributed by atoms with E-state index in [-0.39, 0.29) is 47.8 Å². The lowest BCUT2D eigenvalue weighted by Gasteiger charge is -2.62. The fraction of sp³-hybridized carbons (Fsp3) is 0.545. The molecule has 312 valence electrons. The number of likely N-dealkylation sites (N-methyl/N-ethyl adjacent to an activating group) is 1. The van der Waals surface area contributed by atoms with Crippen LogP contribution in [0.25, 0.3) is 0 Å². The maximum absolute atomic E-state index is 13.1. The van der Waals surface area contributed by atoms with Crippen LogP contribution in [-0.4, -0.2) is 116 Å². The first-order chi connectivity index (χ1) is 27.9. The largest absolute Gasteiger partial charge is 0.504 e. The van der Waals surface area contributed by atoms with E-state index in [0.29, 0.717) is 96.3 Å². The number of hydrogen-bond acceptors (Lipinski definition) is 10. The molecule has 8 rings (SSSR count). The highest BCUT2D eigenvalue weighted by atomic mass is 19.4. The molecule has 2 bridgehead atoms. The van der Waals surface area contributed by atoms with E-state index >= 15 is 0 Å². The molecular weight excluding hydrogens is 755 g/mol. The number of aliphatic hydroxyl groups is 1. The van der Waals surface area contributed by atoms with Crippen LogP contribution in [0, 0.1) is 11.8 Å². The van der Waals surface area contributed by atoms with Gasteiger partial charge in [0.1, 0.15) is 11.9 Å². The molecule has 3 fully saturated rings. The van der Waals surface area contributed by atoms with Crippen molar-refractivity contribution in [2.45, 2.75) is 74.0 Å². The van der Waals surface area contributed by atoms with Gasteiger partial charge in [0, 0.05) is 56.5 Å². The number of nitrogens with one attached hydrogen (secondary N) is 1. The Morgan fingerprint density at radius 2 is 1.78 bits per heavy atom. The number of phenolic OH excluding ortho intramolecular Hbond substituents is 1. The van der Waals surface area contributed by atoms with Crippen LogP contribution in [0.4, 0.5) is 13.2 Å². The van der Waals surface area contributed by atoms with E-state index in [1.807, 2.05) is 43.4 Å². The number of nitrogens with zero attached hydrogens (tertiary/aromatic N) is 2. The number of phenols is 1. The van der Waals surface area contributed by atoms with E-state index in [9.17, 15) is 33.0 Å². The van der Waals surface area contributed by atoms with Crippen molar-refractivity contribution in [3.63, 3.8) is 0 Å². The summed E-state index contributed by atoms with van der Waals surface area (Å²) >= 11 is 0. The summed E-state index contributed by atoms with van der Waals surface area (Å²) in [4.78, 5) is 30.5. The van der Waals surface area contributed by atoms with Crippen molar-refractivity contribution in [1.82, 2.24) is 15.1 Å². The summed E-state index contributed by atoms with van der Waals surface area (Å²) in [5, 5.41) is 26.0. The molecule has 7 atom stereocenters. The molecule has 3 aromatic carbocycles. The normalized spacial score (nSPS) is 27.5. The second-order valence-corrected chi connectivity index (χ2v) is 16.5. The minimum absolute atomic E-state index is 0.0148. The van der Waals surface area contributed by atoms with Crippen LogP contribution in [0.1, 0.15) is 60.5 Å². The molecule has 1 saturated heterocycles. The van der Waals surface area contributed by atoms with E-state index in [4.69, 9.17) is 18.9 Å². The van der Waals surface area contributed by atoms with E-state index < -0.39 is 28.9 Å². The molecule has 3 aliphatic carbocycles. The lowest BCUT2D eigenvalue weighted by atomic mass is 9.49. The topological polar surface area (TPSA) is 130 Å². The van der Waals surface area contributed by atoms with Crippen molar-refractivity contribution < 1.29 is 51.9 Å². The minimum Gasteiger partial charge on any atom is -0.504 e. The SMILES string of the molecule is CN(CCOCCOCCNC(=O)[C@@H]1CC1CN1CC[C@]23c4c5ccc(O)c4OC2C(=O)CC[C@@]3(O)[C@H]1C5)CCC(Oc1ccc(C(F)(F)F)cc1)c1ccccc1. The molecule has 14 heteroatoms. The second kappa shape index (κ2) is 16.4. The number of carbonyl (C=O) groups is 2. The van der Waals surface area contributed by atoms with Crippen LogP contribution in [-0.2, 0) is 37.1 Å². The lowest BCUT2D eigenvalue weighted by Crippen LogP contribution is -2.76. The maximum atomic E-state index is 13.1. The Morgan fingerprint density at radius 1 is 1.02 bits per heavy atom. The Labute approximate surface area is 336 Å². The smallest absolute Gasteiger partial charge is 0.416 e. The first-order valence-electron chi connectivity index (χ1n) is 20.4. The van der Waals surface area contributed by atoms with Crippen molar-refractivity contribution in [2.75, 3.05) is 66.2 Å². The van der Waals surface area contributed by atoms with Crippen LogP contribution in [0.5, 0.6) is 17.2 Å². The molecule has 2 aliphatic heterocycles. The van der Waals surface area contributed by atoms with E-state index in [1.165, 1.54) is 12.1 Å². The molecule has 0 aromatic heterocycles. The van der Waals surface area contributed by atoms with Gasteiger partial charge < -0.3 is 39.4 Å². The number of likely N-dealkylation sites (tertiary alicyclic amines) is 1. The van der Waals surface area contributed by atoms with Gasteiger partial charge in [-0.25, -0.2) is 0 Å².